The topological polar surface area (TPSA) is 29.3 Å². The van der Waals surface area contributed by atoms with Crippen LogP contribution in [0, 0.1) is 0 Å². The molecule has 17 heavy (non-hydrogen) atoms. The molecule has 0 spiro atoms. The van der Waals surface area contributed by atoms with Crippen LogP contribution < -0.4 is 10.6 Å². The van der Waals surface area contributed by atoms with Crippen molar-refractivity contribution in [2.24, 2.45) is 5.73 Å². The van der Waals surface area contributed by atoms with Gasteiger partial charge in [-0.25, -0.2) is 0 Å². The first kappa shape index (κ1) is 12.8. The molecule has 0 radical (unpaired) electrons. The maximum Gasteiger partial charge on any atom is 0.0399 e. The lowest BCUT2D eigenvalue weighted by atomic mass is 10.0. The molecule has 1 unspecified atom stereocenters. The van der Waals surface area contributed by atoms with Crippen molar-refractivity contribution in [3.05, 3.63) is 29.8 Å². The maximum absolute atomic E-state index is 5.93. The van der Waals surface area contributed by atoms with Gasteiger partial charge >= 0.3 is 0 Å². The number of rotatable bonds is 3. The van der Waals surface area contributed by atoms with Gasteiger partial charge in [0.2, 0.25) is 0 Å². The number of benzene rings is 1. The highest BCUT2D eigenvalue weighted by Crippen LogP contribution is 2.24. The highest BCUT2D eigenvalue weighted by Gasteiger charge is 2.13. The van der Waals surface area contributed by atoms with E-state index in [1.54, 1.807) is 0 Å². The Labute approximate surface area is 109 Å². The van der Waals surface area contributed by atoms with E-state index >= 15 is 0 Å². The Morgan fingerprint density at radius 1 is 1.29 bits per heavy atom. The van der Waals surface area contributed by atoms with Crippen molar-refractivity contribution in [2.45, 2.75) is 25.8 Å². The standard InChI is InChI=1S/C14H22N2S/c1-12(15)11-13-5-2-3-6-14(13)16-7-4-9-17-10-8-16/h2-3,5-6,12H,4,7-11,15H2,1H3. The van der Waals surface area contributed by atoms with E-state index < -0.39 is 0 Å². The van der Waals surface area contributed by atoms with E-state index in [0.29, 0.717) is 0 Å². The van der Waals surface area contributed by atoms with Crippen molar-refractivity contribution in [3.8, 4) is 0 Å². The van der Waals surface area contributed by atoms with Crippen LogP contribution in [0.2, 0.25) is 0 Å². The molecular weight excluding hydrogens is 228 g/mol. The molecule has 0 saturated carbocycles. The summed E-state index contributed by atoms with van der Waals surface area (Å²) in [5.74, 6) is 2.54. The number of hydrogen-bond donors (Lipinski definition) is 1. The predicted octanol–water partition coefficient (Wildman–Crippen LogP) is 2.52. The van der Waals surface area contributed by atoms with E-state index in [2.05, 4.69) is 47.9 Å². The van der Waals surface area contributed by atoms with E-state index in [9.17, 15) is 0 Å². The van der Waals surface area contributed by atoms with Gasteiger partial charge in [0.15, 0.2) is 0 Å². The van der Waals surface area contributed by atoms with Crippen LogP contribution in [0.5, 0.6) is 0 Å². The molecule has 1 heterocycles. The second-order valence-corrected chi connectivity index (χ2v) is 5.99. The highest BCUT2D eigenvalue weighted by atomic mass is 32.2. The minimum atomic E-state index is 0.234. The van der Waals surface area contributed by atoms with Crippen molar-refractivity contribution in [2.75, 3.05) is 29.5 Å². The Kier molecular flexibility index (Phi) is 4.75. The van der Waals surface area contributed by atoms with E-state index in [4.69, 9.17) is 5.73 Å². The van der Waals surface area contributed by atoms with Gasteiger partial charge in [-0.15, -0.1) is 0 Å². The zero-order valence-electron chi connectivity index (χ0n) is 10.6. The first-order valence-corrected chi connectivity index (χ1v) is 7.59. The largest absolute Gasteiger partial charge is 0.370 e. The van der Waals surface area contributed by atoms with Crippen LogP contribution in [0.3, 0.4) is 0 Å². The molecule has 0 aromatic heterocycles. The summed E-state index contributed by atoms with van der Waals surface area (Å²) in [4.78, 5) is 2.53. The molecule has 1 aromatic rings. The van der Waals surface area contributed by atoms with Crippen LogP contribution in [0.15, 0.2) is 24.3 Å². The molecule has 3 heteroatoms. The van der Waals surface area contributed by atoms with Gasteiger partial charge in [-0.1, -0.05) is 18.2 Å². The summed E-state index contributed by atoms with van der Waals surface area (Å²) in [5, 5.41) is 0. The van der Waals surface area contributed by atoms with Crippen molar-refractivity contribution in [3.63, 3.8) is 0 Å². The molecule has 1 aromatic carbocycles. The molecule has 2 nitrogen and oxygen atoms in total. The van der Waals surface area contributed by atoms with Gasteiger partial charge in [0, 0.05) is 30.6 Å². The van der Waals surface area contributed by atoms with Crippen LogP contribution in [-0.2, 0) is 6.42 Å². The lowest BCUT2D eigenvalue weighted by Gasteiger charge is -2.25. The minimum absolute atomic E-state index is 0.234. The number of nitrogens with zero attached hydrogens (tertiary/aromatic N) is 1. The second kappa shape index (κ2) is 6.31. The summed E-state index contributed by atoms with van der Waals surface area (Å²) < 4.78 is 0. The lowest BCUT2D eigenvalue weighted by molar-refractivity contribution is 0.729. The average molecular weight is 250 g/mol. The third-order valence-corrected chi connectivity index (χ3v) is 4.15. The zero-order chi connectivity index (χ0) is 12.1. The molecule has 94 valence electrons. The quantitative estimate of drug-likeness (QED) is 0.894. The molecule has 1 aliphatic rings. The molecule has 0 aliphatic carbocycles. The summed E-state index contributed by atoms with van der Waals surface area (Å²) in [6, 6.07) is 8.95. The number of nitrogens with two attached hydrogens (primary N) is 1. The highest BCUT2D eigenvalue weighted by molar-refractivity contribution is 7.99. The molecular formula is C14H22N2S. The summed E-state index contributed by atoms with van der Waals surface area (Å²) in [6.07, 6.45) is 2.26. The monoisotopic (exact) mass is 250 g/mol. The smallest absolute Gasteiger partial charge is 0.0399 e. The van der Waals surface area contributed by atoms with Crippen molar-refractivity contribution in [1.82, 2.24) is 0 Å². The van der Waals surface area contributed by atoms with Gasteiger partial charge in [-0.05, 0) is 37.1 Å². The SMILES string of the molecule is CC(N)Cc1ccccc1N1CCCSCC1. The summed E-state index contributed by atoms with van der Waals surface area (Å²) in [6.45, 7) is 4.43. The third kappa shape index (κ3) is 3.65. The second-order valence-electron chi connectivity index (χ2n) is 4.76. The molecule has 2 N–H and O–H groups in total. The van der Waals surface area contributed by atoms with Gasteiger partial charge in [0.25, 0.3) is 0 Å². The zero-order valence-corrected chi connectivity index (χ0v) is 11.4. The molecule has 1 atom stereocenters. The minimum Gasteiger partial charge on any atom is -0.370 e. The molecule has 0 amide bonds. The van der Waals surface area contributed by atoms with E-state index in [1.807, 2.05) is 0 Å². The lowest BCUT2D eigenvalue weighted by Crippen LogP contribution is -2.28. The van der Waals surface area contributed by atoms with Gasteiger partial charge in [0.05, 0.1) is 0 Å². The number of anilines is 1. The van der Waals surface area contributed by atoms with Crippen molar-refractivity contribution in [1.29, 1.82) is 0 Å². The van der Waals surface area contributed by atoms with Crippen LogP contribution in [-0.4, -0.2) is 30.6 Å². The van der Waals surface area contributed by atoms with Crippen LogP contribution in [0.4, 0.5) is 5.69 Å². The Balaban J connectivity index is 2.17. The van der Waals surface area contributed by atoms with Crippen LogP contribution in [0.1, 0.15) is 18.9 Å². The Morgan fingerprint density at radius 2 is 2.12 bits per heavy atom. The fourth-order valence-electron chi connectivity index (χ4n) is 2.33. The average Bonchev–Trinajstić information content (AvgIpc) is 2.57. The summed E-state index contributed by atoms with van der Waals surface area (Å²) in [7, 11) is 0. The first-order chi connectivity index (χ1) is 8.27. The molecule has 2 rings (SSSR count). The molecule has 1 aliphatic heterocycles. The predicted molar refractivity (Wildman–Crippen MR) is 78.0 cm³/mol. The molecule has 1 saturated heterocycles. The van der Waals surface area contributed by atoms with Crippen molar-refractivity contribution >= 4 is 17.4 Å². The van der Waals surface area contributed by atoms with E-state index in [0.717, 1.165) is 6.42 Å². The fraction of sp³-hybridized carbons (Fsp3) is 0.571. The normalized spacial score (nSPS) is 18.8. The van der Waals surface area contributed by atoms with Crippen LogP contribution in [0.25, 0.3) is 0 Å². The maximum atomic E-state index is 5.93. The first-order valence-electron chi connectivity index (χ1n) is 6.43. The Bertz CT molecular complexity index is 344. The van der Waals surface area contributed by atoms with Crippen molar-refractivity contribution < 1.29 is 0 Å². The number of para-hydroxylation sites is 1. The van der Waals surface area contributed by atoms with Crippen LogP contribution >= 0.6 is 11.8 Å². The molecule has 1 fully saturated rings. The fourth-order valence-corrected chi connectivity index (χ4v) is 3.21. The Morgan fingerprint density at radius 3 is 2.94 bits per heavy atom. The Hall–Kier alpha value is -0.670. The number of thioether (sulfide) groups is 1. The summed E-state index contributed by atoms with van der Waals surface area (Å²) >= 11 is 2.07. The third-order valence-electron chi connectivity index (χ3n) is 3.10. The number of hydrogen-bond acceptors (Lipinski definition) is 3. The molecule has 0 bridgehead atoms. The van der Waals surface area contributed by atoms with Gasteiger partial charge < -0.3 is 10.6 Å². The van der Waals surface area contributed by atoms with Gasteiger partial charge in [0.1, 0.15) is 0 Å². The van der Waals surface area contributed by atoms with E-state index in [-0.39, 0.29) is 6.04 Å². The van der Waals surface area contributed by atoms with Gasteiger partial charge in [-0.2, -0.15) is 11.8 Å². The van der Waals surface area contributed by atoms with Gasteiger partial charge in [-0.3, -0.25) is 0 Å². The summed E-state index contributed by atoms with van der Waals surface area (Å²) in [5.41, 5.74) is 8.72. The van der Waals surface area contributed by atoms with E-state index in [1.165, 1.54) is 42.3 Å².